The van der Waals surface area contributed by atoms with Crippen molar-refractivity contribution < 1.29 is 23.1 Å². The first-order valence-corrected chi connectivity index (χ1v) is 4.55. The van der Waals surface area contributed by atoms with Crippen LogP contribution in [0.2, 0.25) is 0 Å². The van der Waals surface area contributed by atoms with Gasteiger partial charge in [-0.05, 0) is 0 Å². The second kappa shape index (κ2) is 5.83. The largest absolute Gasteiger partial charge is 0.413 e. The van der Waals surface area contributed by atoms with Gasteiger partial charge in [-0.15, -0.1) is 0 Å². The van der Waals surface area contributed by atoms with Crippen molar-refractivity contribution in [2.24, 2.45) is 0 Å². The van der Waals surface area contributed by atoms with Crippen molar-refractivity contribution in [2.75, 3.05) is 13.2 Å². The number of aromatic nitrogens is 2. The summed E-state index contributed by atoms with van der Waals surface area (Å²) in [6, 6.07) is 0. The lowest BCUT2D eigenvalue weighted by atomic mass is 10.4. The van der Waals surface area contributed by atoms with Crippen molar-refractivity contribution in [3.05, 3.63) is 18.0 Å². The van der Waals surface area contributed by atoms with Crippen LogP contribution >= 0.6 is 0 Å². The fourth-order valence-electron chi connectivity index (χ4n) is 0.990. The van der Waals surface area contributed by atoms with Gasteiger partial charge in [0.15, 0.2) is 6.61 Å². The number of aliphatic hydroxyl groups excluding tert-OH is 1. The van der Waals surface area contributed by atoms with Gasteiger partial charge in [0.05, 0.1) is 19.3 Å². The highest BCUT2D eigenvalue weighted by Gasteiger charge is 2.27. The zero-order chi connectivity index (χ0) is 12.0. The van der Waals surface area contributed by atoms with E-state index in [9.17, 15) is 13.2 Å². The smallest absolute Gasteiger partial charge is 0.394 e. The number of rotatable bonds is 6. The van der Waals surface area contributed by atoms with Crippen LogP contribution in [-0.2, 0) is 17.9 Å². The van der Waals surface area contributed by atoms with E-state index >= 15 is 0 Å². The Bertz CT molecular complexity index is 314. The number of hydrogen-bond donors (Lipinski definition) is 2. The number of halogens is 3. The van der Waals surface area contributed by atoms with Crippen LogP contribution in [0.4, 0.5) is 13.2 Å². The molecule has 0 saturated carbocycles. The first-order valence-electron chi connectivity index (χ1n) is 4.55. The van der Waals surface area contributed by atoms with Gasteiger partial charge in [0.1, 0.15) is 0 Å². The van der Waals surface area contributed by atoms with Gasteiger partial charge in [-0.25, -0.2) is 0 Å². The molecule has 5 nitrogen and oxygen atoms in total. The Hall–Kier alpha value is -1.12. The highest BCUT2D eigenvalue weighted by atomic mass is 19.4. The van der Waals surface area contributed by atoms with E-state index in [1.165, 1.54) is 10.9 Å². The summed E-state index contributed by atoms with van der Waals surface area (Å²) in [5, 5.41) is 12.5. The lowest BCUT2D eigenvalue weighted by Gasteiger charge is -2.07. The molecule has 0 aliphatic carbocycles. The first-order chi connectivity index (χ1) is 7.51. The Morgan fingerprint density at radius 2 is 2.25 bits per heavy atom. The minimum absolute atomic E-state index is 0.0425. The molecule has 92 valence electrons. The highest BCUT2D eigenvalue weighted by molar-refractivity contribution is 5.02. The predicted molar refractivity (Wildman–Crippen MR) is 48.2 cm³/mol. The van der Waals surface area contributed by atoms with E-state index in [1.54, 1.807) is 6.20 Å². The highest BCUT2D eigenvalue weighted by Crippen LogP contribution is 2.13. The van der Waals surface area contributed by atoms with Crippen molar-refractivity contribution in [2.45, 2.75) is 19.3 Å². The molecule has 1 heterocycles. The van der Waals surface area contributed by atoms with Crippen molar-refractivity contribution in [1.82, 2.24) is 15.3 Å². The van der Waals surface area contributed by atoms with Crippen LogP contribution in [0.1, 0.15) is 5.56 Å². The fourth-order valence-corrected chi connectivity index (χ4v) is 0.990. The number of alkyl halides is 3. The maximum absolute atomic E-state index is 11.7. The summed E-state index contributed by atoms with van der Waals surface area (Å²) in [5.41, 5.74) is 2.85. The molecular formula is C8H12F3N3O2. The van der Waals surface area contributed by atoms with Crippen molar-refractivity contribution >= 4 is 0 Å². The average Bonchev–Trinajstić information content (AvgIpc) is 2.60. The number of nitrogens with zero attached hydrogens (tertiary/aromatic N) is 2. The zero-order valence-corrected chi connectivity index (χ0v) is 8.37. The number of hydrogen-bond acceptors (Lipinski definition) is 4. The predicted octanol–water partition coefficient (Wildman–Crippen LogP) is 0.459. The maximum Gasteiger partial charge on any atom is 0.413 e. The summed E-state index contributed by atoms with van der Waals surface area (Å²) in [7, 11) is 0. The third-order valence-corrected chi connectivity index (χ3v) is 1.63. The molecule has 0 aromatic carbocycles. The minimum Gasteiger partial charge on any atom is -0.394 e. The monoisotopic (exact) mass is 239 g/mol. The van der Waals surface area contributed by atoms with Crippen molar-refractivity contribution in [3.8, 4) is 0 Å². The maximum atomic E-state index is 11.7. The average molecular weight is 239 g/mol. The Morgan fingerprint density at radius 1 is 1.50 bits per heavy atom. The van der Waals surface area contributed by atoms with E-state index in [0.29, 0.717) is 12.1 Å². The summed E-state index contributed by atoms with van der Waals surface area (Å²) in [5.74, 6) is 0. The molecule has 1 rings (SSSR count). The molecule has 0 aliphatic rings. The van der Waals surface area contributed by atoms with Gasteiger partial charge in [0.2, 0.25) is 0 Å². The first kappa shape index (κ1) is 12.9. The van der Waals surface area contributed by atoms with E-state index in [-0.39, 0.29) is 13.2 Å². The van der Waals surface area contributed by atoms with Crippen molar-refractivity contribution in [3.63, 3.8) is 0 Å². The van der Waals surface area contributed by atoms with Gasteiger partial charge < -0.3 is 5.11 Å². The lowest BCUT2D eigenvalue weighted by molar-refractivity contribution is -0.190. The van der Waals surface area contributed by atoms with E-state index in [2.05, 4.69) is 15.4 Å². The van der Waals surface area contributed by atoms with E-state index in [0.717, 1.165) is 0 Å². The summed E-state index contributed by atoms with van der Waals surface area (Å²) in [6.07, 6.45) is -1.24. The van der Waals surface area contributed by atoms with Crippen LogP contribution in [0.3, 0.4) is 0 Å². The summed E-state index contributed by atoms with van der Waals surface area (Å²) >= 11 is 0. The Kier molecular flexibility index (Phi) is 4.71. The summed E-state index contributed by atoms with van der Waals surface area (Å²) < 4.78 is 36.5. The molecular weight excluding hydrogens is 227 g/mol. The van der Waals surface area contributed by atoms with Gasteiger partial charge in [-0.3, -0.25) is 9.52 Å². The second-order valence-electron chi connectivity index (χ2n) is 3.06. The molecule has 0 unspecified atom stereocenters. The van der Waals surface area contributed by atoms with Gasteiger partial charge >= 0.3 is 6.18 Å². The molecule has 0 spiro atoms. The second-order valence-corrected chi connectivity index (χ2v) is 3.06. The molecule has 0 fully saturated rings. The Balaban J connectivity index is 2.21. The van der Waals surface area contributed by atoms with Crippen LogP contribution in [-0.4, -0.2) is 34.3 Å². The van der Waals surface area contributed by atoms with Crippen LogP contribution < -0.4 is 5.48 Å². The van der Waals surface area contributed by atoms with Gasteiger partial charge in [-0.2, -0.15) is 23.8 Å². The fraction of sp³-hybridized carbons (Fsp3) is 0.625. The van der Waals surface area contributed by atoms with Crippen LogP contribution in [0.25, 0.3) is 0 Å². The third-order valence-electron chi connectivity index (χ3n) is 1.63. The molecule has 16 heavy (non-hydrogen) atoms. The molecule has 1 aromatic rings. The quantitative estimate of drug-likeness (QED) is 0.559. The Morgan fingerprint density at radius 3 is 2.88 bits per heavy atom. The SMILES string of the molecule is OCCn1cc(CNOCC(F)(F)F)cn1. The molecule has 0 radical (unpaired) electrons. The van der Waals surface area contributed by atoms with Crippen LogP contribution in [0, 0.1) is 0 Å². The van der Waals surface area contributed by atoms with Gasteiger partial charge in [0.25, 0.3) is 0 Å². The van der Waals surface area contributed by atoms with Crippen LogP contribution in [0.15, 0.2) is 12.4 Å². The number of hydroxylamine groups is 1. The Labute approximate surface area is 89.8 Å². The van der Waals surface area contributed by atoms with E-state index in [1.807, 2.05) is 0 Å². The zero-order valence-electron chi connectivity index (χ0n) is 8.37. The molecule has 8 heteroatoms. The summed E-state index contributed by atoms with van der Waals surface area (Å²) in [4.78, 5) is 4.21. The molecule has 0 amide bonds. The number of aliphatic hydroxyl groups is 1. The molecule has 0 saturated heterocycles. The summed E-state index contributed by atoms with van der Waals surface area (Å²) in [6.45, 7) is -0.901. The number of nitrogens with one attached hydrogen (secondary N) is 1. The van der Waals surface area contributed by atoms with Gasteiger partial charge in [-0.1, -0.05) is 0 Å². The molecule has 1 aromatic heterocycles. The topological polar surface area (TPSA) is 59.3 Å². The van der Waals surface area contributed by atoms with Gasteiger partial charge in [0, 0.05) is 18.3 Å². The lowest BCUT2D eigenvalue weighted by Crippen LogP contribution is -2.24. The van der Waals surface area contributed by atoms with E-state index in [4.69, 9.17) is 5.11 Å². The molecule has 0 bridgehead atoms. The van der Waals surface area contributed by atoms with Crippen LogP contribution in [0.5, 0.6) is 0 Å². The normalized spacial score (nSPS) is 12.0. The standard InChI is InChI=1S/C8H12F3N3O2/c9-8(10,11)6-16-13-4-7-3-12-14(5-7)1-2-15/h3,5,13,15H,1-2,4,6H2. The minimum atomic E-state index is -4.34. The molecule has 2 N–H and O–H groups in total. The molecule has 0 atom stereocenters. The van der Waals surface area contributed by atoms with Crippen molar-refractivity contribution in [1.29, 1.82) is 0 Å². The van der Waals surface area contributed by atoms with E-state index < -0.39 is 12.8 Å². The third kappa shape index (κ3) is 5.10. The molecule has 0 aliphatic heterocycles.